The fourth-order valence-corrected chi connectivity index (χ4v) is 4.66. The predicted molar refractivity (Wildman–Crippen MR) is 105 cm³/mol. The summed E-state index contributed by atoms with van der Waals surface area (Å²) in [5, 5.41) is 0. The van der Waals surface area contributed by atoms with Crippen LogP contribution in [0.5, 0.6) is 17.2 Å². The van der Waals surface area contributed by atoms with Gasteiger partial charge >= 0.3 is 0 Å². The Bertz CT molecular complexity index is 915. The van der Waals surface area contributed by atoms with Gasteiger partial charge in [-0.3, -0.25) is 9.69 Å². The lowest BCUT2D eigenvalue weighted by Gasteiger charge is -2.28. The minimum absolute atomic E-state index is 0.0165. The SMILES string of the molecule is COc1cc(CN2[C@H]3CC[C@H]2Cc2c(nc(C)[nH]c2=O)C3)cc(OC)c1OC. The van der Waals surface area contributed by atoms with E-state index in [0.29, 0.717) is 35.2 Å². The monoisotopic (exact) mass is 385 g/mol. The van der Waals surface area contributed by atoms with Crippen molar-refractivity contribution < 1.29 is 14.2 Å². The van der Waals surface area contributed by atoms with Crippen LogP contribution in [0.15, 0.2) is 16.9 Å². The molecule has 1 saturated heterocycles. The van der Waals surface area contributed by atoms with Crippen LogP contribution in [0.1, 0.15) is 35.5 Å². The lowest BCUT2D eigenvalue weighted by molar-refractivity contribution is 0.187. The van der Waals surface area contributed by atoms with Crippen molar-refractivity contribution >= 4 is 0 Å². The van der Waals surface area contributed by atoms with Gasteiger partial charge in [0.15, 0.2) is 11.5 Å². The fourth-order valence-electron chi connectivity index (χ4n) is 4.66. The number of ether oxygens (including phenoxy) is 3. The van der Waals surface area contributed by atoms with Crippen molar-refractivity contribution in [3.63, 3.8) is 0 Å². The summed E-state index contributed by atoms with van der Waals surface area (Å²) < 4.78 is 16.4. The first kappa shape index (κ1) is 18.8. The standard InChI is InChI=1S/C21H27N3O4/c1-12-22-17-10-15-6-5-14(9-16(17)21(25)23-12)24(15)11-13-7-18(26-2)20(28-4)19(8-13)27-3/h7-8,14-15H,5-6,9-11H2,1-4H3,(H,22,23,25)/t14-,15-/m0/s1. The number of aryl methyl sites for hydroxylation is 1. The van der Waals surface area contributed by atoms with Crippen LogP contribution in [-0.2, 0) is 19.4 Å². The molecule has 1 aromatic carbocycles. The van der Waals surface area contributed by atoms with E-state index in [1.165, 1.54) is 0 Å². The van der Waals surface area contributed by atoms with E-state index in [2.05, 4.69) is 14.9 Å². The number of aromatic amines is 1. The number of hydrogen-bond donors (Lipinski definition) is 1. The summed E-state index contributed by atoms with van der Waals surface area (Å²) in [5.74, 6) is 2.62. The summed E-state index contributed by atoms with van der Waals surface area (Å²) >= 11 is 0. The largest absolute Gasteiger partial charge is 0.493 e. The van der Waals surface area contributed by atoms with Gasteiger partial charge < -0.3 is 19.2 Å². The first-order valence-electron chi connectivity index (χ1n) is 9.67. The highest BCUT2D eigenvalue weighted by molar-refractivity contribution is 5.53. The molecule has 1 aromatic heterocycles. The van der Waals surface area contributed by atoms with Gasteiger partial charge in [-0.05, 0) is 43.9 Å². The van der Waals surface area contributed by atoms with Crippen LogP contribution < -0.4 is 19.8 Å². The third kappa shape index (κ3) is 3.24. The molecule has 7 nitrogen and oxygen atoms in total. The normalized spacial score (nSPS) is 21.1. The fraction of sp³-hybridized carbons (Fsp3) is 0.524. The zero-order chi connectivity index (χ0) is 19.8. The number of H-pyrrole nitrogens is 1. The molecule has 2 aliphatic rings. The Morgan fingerprint density at radius 3 is 2.32 bits per heavy atom. The number of fused-ring (bicyclic) bond motifs is 3. The van der Waals surface area contributed by atoms with Crippen LogP contribution >= 0.6 is 0 Å². The van der Waals surface area contributed by atoms with Gasteiger partial charge in [0.05, 0.1) is 27.0 Å². The average molecular weight is 385 g/mol. The number of rotatable bonds is 5. The van der Waals surface area contributed by atoms with Gasteiger partial charge in [-0.25, -0.2) is 4.98 Å². The quantitative estimate of drug-likeness (QED) is 0.851. The second-order valence-electron chi connectivity index (χ2n) is 7.58. The maximum Gasteiger partial charge on any atom is 0.254 e. The Balaban J connectivity index is 1.65. The number of benzene rings is 1. The molecular weight excluding hydrogens is 358 g/mol. The molecule has 3 heterocycles. The first-order chi connectivity index (χ1) is 13.5. The second kappa shape index (κ2) is 7.47. The molecule has 0 radical (unpaired) electrons. The van der Waals surface area contributed by atoms with E-state index in [1.807, 2.05) is 19.1 Å². The number of methoxy groups -OCH3 is 3. The van der Waals surface area contributed by atoms with Crippen molar-refractivity contribution in [2.45, 2.75) is 51.2 Å². The average Bonchev–Trinajstić information content (AvgIpc) is 2.95. The zero-order valence-electron chi connectivity index (χ0n) is 16.9. The Kier molecular flexibility index (Phi) is 5.02. The highest BCUT2D eigenvalue weighted by atomic mass is 16.5. The topological polar surface area (TPSA) is 76.7 Å². The molecule has 2 bridgehead atoms. The highest BCUT2D eigenvalue weighted by Crippen LogP contribution is 2.40. The Hall–Kier alpha value is -2.54. The minimum Gasteiger partial charge on any atom is -0.493 e. The van der Waals surface area contributed by atoms with Crippen LogP contribution in [0.25, 0.3) is 0 Å². The van der Waals surface area contributed by atoms with Crippen molar-refractivity contribution in [2.24, 2.45) is 0 Å². The van der Waals surface area contributed by atoms with Gasteiger partial charge in [-0.15, -0.1) is 0 Å². The Labute approximate surface area is 164 Å². The summed E-state index contributed by atoms with van der Waals surface area (Å²) in [7, 11) is 4.88. The van der Waals surface area contributed by atoms with Crippen LogP contribution in [0.2, 0.25) is 0 Å². The molecule has 150 valence electrons. The molecule has 28 heavy (non-hydrogen) atoms. The lowest BCUT2D eigenvalue weighted by atomic mass is 9.98. The van der Waals surface area contributed by atoms with E-state index in [4.69, 9.17) is 14.2 Å². The van der Waals surface area contributed by atoms with E-state index in [-0.39, 0.29) is 5.56 Å². The van der Waals surface area contributed by atoms with E-state index >= 15 is 0 Å². The molecule has 4 rings (SSSR count). The molecule has 7 heteroatoms. The maximum atomic E-state index is 12.5. The maximum absolute atomic E-state index is 12.5. The van der Waals surface area contributed by atoms with Crippen molar-refractivity contribution in [1.82, 2.24) is 14.9 Å². The van der Waals surface area contributed by atoms with Crippen molar-refractivity contribution in [2.75, 3.05) is 21.3 Å². The Morgan fingerprint density at radius 1 is 1.07 bits per heavy atom. The van der Waals surface area contributed by atoms with E-state index in [9.17, 15) is 4.79 Å². The van der Waals surface area contributed by atoms with Crippen molar-refractivity contribution in [3.05, 3.63) is 45.1 Å². The summed E-state index contributed by atoms with van der Waals surface area (Å²) in [6.45, 7) is 2.62. The Morgan fingerprint density at radius 2 is 1.71 bits per heavy atom. The summed E-state index contributed by atoms with van der Waals surface area (Å²) in [6.07, 6.45) is 3.80. The zero-order valence-corrected chi connectivity index (χ0v) is 16.9. The molecule has 0 aliphatic carbocycles. The third-order valence-electron chi connectivity index (χ3n) is 5.95. The molecule has 1 fully saturated rings. The number of nitrogens with one attached hydrogen (secondary N) is 1. The van der Waals surface area contributed by atoms with Crippen LogP contribution in [0.3, 0.4) is 0 Å². The molecular formula is C21H27N3O4. The molecule has 0 unspecified atom stereocenters. The molecule has 2 aromatic rings. The molecule has 2 aliphatic heterocycles. The predicted octanol–water partition coefficient (Wildman–Crippen LogP) is 2.24. The summed E-state index contributed by atoms with van der Waals surface area (Å²) in [6, 6.07) is 4.75. The summed E-state index contributed by atoms with van der Waals surface area (Å²) in [4.78, 5) is 22.5. The van der Waals surface area contributed by atoms with E-state index in [1.54, 1.807) is 21.3 Å². The van der Waals surface area contributed by atoms with Gasteiger partial charge in [-0.2, -0.15) is 0 Å². The van der Waals surface area contributed by atoms with Gasteiger partial charge in [-0.1, -0.05) is 0 Å². The van der Waals surface area contributed by atoms with Gasteiger partial charge in [0.2, 0.25) is 5.75 Å². The van der Waals surface area contributed by atoms with Crippen LogP contribution in [0.4, 0.5) is 0 Å². The van der Waals surface area contributed by atoms with Gasteiger partial charge in [0, 0.05) is 30.6 Å². The van der Waals surface area contributed by atoms with Crippen LogP contribution in [0, 0.1) is 6.92 Å². The smallest absolute Gasteiger partial charge is 0.254 e. The molecule has 0 amide bonds. The number of nitrogens with zero attached hydrogens (tertiary/aromatic N) is 2. The second-order valence-corrected chi connectivity index (χ2v) is 7.58. The highest BCUT2D eigenvalue weighted by Gasteiger charge is 2.38. The number of hydrogen-bond acceptors (Lipinski definition) is 6. The molecule has 0 saturated carbocycles. The molecule has 1 N–H and O–H groups in total. The third-order valence-corrected chi connectivity index (χ3v) is 5.95. The molecule has 0 spiro atoms. The van der Waals surface area contributed by atoms with Crippen molar-refractivity contribution in [3.8, 4) is 17.2 Å². The van der Waals surface area contributed by atoms with Crippen LogP contribution in [-0.4, -0.2) is 48.3 Å². The van der Waals surface area contributed by atoms with E-state index in [0.717, 1.165) is 49.0 Å². The van der Waals surface area contributed by atoms with E-state index < -0.39 is 0 Å². The minimum atomic E-state index is 0.0165. The van der Waals surface area contributed by atoms with Gasteiger partial charge in [0.1, 0.15) is 5.82 Å². The molecule has 2 atom stereocenters. The first-order valence-corrected chi connectivity index (χ1v) is 9.67. The van der Waals surface area contributed by atoms with Crippen molar-refractivity contribution in [1.29, 1.82) is 0 Å². The van der Waals surface area contributed by atoms with Gasteiger partial charge in [0.25, 0.3) is 5.56 Å². The summed E-state index contributed by atoms with van der Waals surface area (Å²) in [5.41, 5.74) is 2.94. The number of aromatic nitrogens is 2. The lowest BCUT2D eigenvalue weighted by Crippen LogP contribution is -2.36.